The number of hydrogen-bond acceptors (Lipinski definition) is 6. The molecule has 3 amide bonds. The number of nitrogens with two attached hydrogens (primary N) is 1. The Morgan fingerprint density at radius 1 is 1.29 bits per heavy atom. The van der Waals surface area contributed by atoms with Crippen LogP contribution in [-0.2, 0) is 13.2 Å². The van der Waals surface area contributed by atoms with Crippen LogP contribution in [0.4, 0.5) is 14.2 Å². The van der Waals surface area contributed by atoms with Crippen molar-refractivity contribution in [1.29, 1.82) is 0 Å². The SMILES string of the molecule is Cc1cc(F)c(COc2nsc(NC(=O)NCCCn3ccnc3)c2C(N)=O)cc1C. The summed E-state index contributed by atoms with van der Waals surface area (Å²) in [7, 11) is 0. The van der Waals surface area contributed by atoms with Crippen LogP contribution in [0, 0.1) is 19.7 Å². The number of ether oxygens (including phenoxy) is 1. The fourth-order valence-corrected chi connectivity index (χ4v) is 3.54. The third kappa shape index (κ3) is 5.79. The maximum atomic E-state index is 14.1. The van der Waals surface area contributed by atoms with Gasteiger partial charge in [-0.2, -0.15) is 4.37 Å². The van der Waals surface area contributed by atoms with Crippen molar-refractivity contribution in [1.82, 2.24) is 19.2 Å². The topological polar surface area (TPSA) is 124 Å². The molecule has 0 saturated heterocycles. The number of imidazole rings is 1. The summed E-state index contributed by atoms with van der Waals surface area (Å²) in [5.74, 6) is -1.27. The minimum atomic E-state index is -0.806. The summed E-state index contributed by atoms with van der Waals surface area (Å²) in [4.78, 5) is 28.0. The van der Waals surface area contributed by atoms with Crippen molar-refractivity contribution in [3.05, 3.63) is 58.9 Å². The Labute approximate surface area is 182 Å². The summed E-state index contributed by atoms with van der Waals surface area (Å²) >= 11 is 0.861. The van der Waals surface area contributed by atoms with E-state index in [9.17, 15) is 14.0 Å². The lowest BCUT2D eigenvalue weighted by molar-refractivity contribution is 0.0996. The molecule has 0 aliphatic rings. The van der Waals surface area contributed by atoms with Gasteiger partial charge in [0.1, 0.15) is 23.0 Å². The highest BCUT2D eigenvalue weighted by atomic mass is 32.1. The van der Waals surface area contributed by atoms with Crippen LogP contribution in [0.5, 0.6) is 5.88 Å². The molecule has 0 atom stereocenters. The maximum absolute atomic E-state index is 14.1. The highest BCUT2D eigenvalue weighted by Gasteiger charge is 2.22. The Hall–Kier alpha value is -3.47. The molecule has 2 aromatic heterocycles. The first kappa shape index (κ1) is 22.2. The van der Waals surface area contributed by atoms with Gasteiger partial charge in [0.25, 0.3) is 5.91 Å². The average molecular weight is 447 g/mol. The lowest BCUT2D eigenvalue weighted by Gasteiger charge is -2.09. The number of nitrogens with zero attached hydrogens (tertiary/aromatic N) is 3. The van der Waals surface area contributed by atoms with Gasteiger partial charge in [-0.1, -0.05) is 0 Å². The first-order chi connectivity index (χ1) is 14.8. The maximum Gasteiger partial charge on any atom is 0.319 e. The molecular weight excluding hydrogens is 423 g/mol. The Morgan fingerprint density at radius 2 is 2.06 bits per heavy atom. The van der Waals surface area contributed by atoms with Crippen LogP contribution in [-0.4, -0.2) is 32.4 Å². The summed E-state index contributed by atoms with van der Waals surface area (Å²) in [5.41, 5.74) is 7.47. The number of rotatable bonds is 9. The number of carbonyl (C=O) groups is 2. The van der Waals surface area contributed by atoms with Gasteiger partial charge in [-0.05, 0) is 55.1 Å². The average Bonchev–Trinajstić information content (AvgIpc) is 3.37. The van der Waals surface area contributed by atoms with Gasteiger partial charge in [0, 0.05) is 31.0 Å². The highest BCUT2D eigenvalue weighted by molar-refractivity contribution is 7.11. The van der Waals surface area contributed by atoms with Crippen molar-refractivity contribution in [3.8, 4) is 5.88 Å². The first-order valence-electron chi connectivity index (χ1n) is 9.53. The van der Waals surface area contributed by atoms with Crippen LogP contribution in [0.2, 0.25) is 0 Å². The van der Waals surface area contributed by atoms with E-state index >= 15 is 0 Å². The Morgan fingerprint density at radius 3 is 2.77 bits per heavy atom. The van der Waals surface area contributed by atoms with Crippen LogP contribution < -0.4 is 21.1 Å². The van der Waals surface area contributed by atoms with E-state index in [1.54, 1.807) is 18.6 Å². The summed E-state index contributed by atoms with van der Waals surface area (Å²) in [5, 5.41) is 5.42. The molecule has 9 nitrogen and oxygen atoms in total. The normalized spacial score (nSPS) is 10.7. The van der Waals surface area contributed by atoms with E-state index in [1.807, 2.05) is 24.6 Å². The molecule has 3 aromatic rings. The van der Waals surface area contributed by atoms with Gasteiger partial charge in [0.15, 0.2) is 0 Å². The Balaban J connectivity index is 1.58. The van der Waals surface area contributed by atoms with E-state index in [0.29, 0.717) is 25.1 Å². The molecule has 4 N–H and O–H groups in total. The lowest BCUT2D eigenvalue weighted by atomic mass is 10.1. The van der Waals surface area contributed by atoms with Crippen molar-refractivity contribution >= 4 is 28.5 Å². The van der Waals surface area contributed by atoms with Crippen molar-refractivity contribution in [3.63, 3.8) is 0 Å². The van der Waals surface area contributed by atoms with Gasteiger partial charge in [0.2, 0.25) is 5.88 Å². The molecule has 0 spiro atoms. The third-order valence-corrected chi connectivity index (χ3v) is 5.35. The van der Waals surface area contributed by atoms with Gasteiger partial charge in [-0.3, -0.25) is 10.1 Å². The zero-order chi connectivity index (χ0) is 22.4. The molecule has 0 radical (unpaired) electrons. The molecule has 3 rings (SSSR count). The second-order valence-corrected chi connectivity index (χ2v) is 7.68. The highest BCUT2D eigenvalue weighted by Crippen LogP contribution is 2.31. The quantitative estimate of drug-likeness (QED) is 0.436. The van der Waals surface area contributed by atoms with Crippen molar-refractivity contribution in [2.45, 2.75) is 33.4 Å². The second-order valence-electron chi connectivity index (χ2n) is 6.91. The summed E-state index contributed by atoms with van der Waals surface area (Å²) in [6.07, 6.45) is 5.91. The van der Waals surface area contributed by atoms with Gasteiger partial charge in [-0.15, -0.1) is 0 Å². The van der Waals surface area contributed by atoms with Gasteiger partial charge < -0.3 is 20.4 Å². The molecule has 0 bridgehead atoms. The fourth-order valence-electron chi connectivity index (χ4n) is 2.80. The monoisotopic (exact) mass is 446 g/mol. The number of amides is 3. The molecule has 0 aliphatic heterocycles. The fraction of sp³-hybridized carbons (Fsp3) is 0.300. The van der Waals surface area contributed by atoms with Crippen LogP contribution in [0.3, 0.4) is 0 Å². The predicted octanol–water partition coefficient (Wildman–Crippen LogP) is 2.99. The zero-order valence-corrected chi connectivity index (χ0v) is 18.0. The first-order valence-corrected chi connectivity index (χ1v) is 10.3. The number of carbonyl (C=O) groups excluding carboxylic acids is 2. The number of halogens is 1. The van der Waals surface area contributed by atoms with E-state index in [4.69, 9.17) is 10.5 Å². The standard InChI is InChI=1S/C20H23FN6O3S/c1-12-8-14(15(21)9-13(12)2)10-30-18-16(17(22)28)19(31-26-18)25-20(29)24-4-3-6-27-7-5-23-11-27/h5,7-9,11H,3-4,6,10H2,1-2H3,(H2,22,28)(H2,24,25,29). The lowest BCUT2D eigenvalue weighted by Crippen LogP contribution is -2.30. The third-order valence-electron chi connectivity index (χ3n) is 4.60. The molecule has 0 unspecified atom stereocenters. The van der Waals surface area contributed by atoms with Crippen LogP contribution in [0.15, 0.2) is 30.9 Å². The van der Waals surface area contributed by atoms with Crippen LogP contribution in [0.25, 0.3) is 0 Å². The number of aromatic nitrogens is 3. The molecule has 1 aromatic carbocycles. The number of hydrogen-bond donors (Lipinski definition) is 3. The minimum Gasteiger partial charge on any atom is -0.471 e. The van der Waals surface area contributed by atoms with Crippen LogP contribution in [0.1, 0.15) is 33.5 Å². The molecular formula is C20H23FN6O3S. The van der Waals surface area contributed by atoms with Crippen molar-refractivity contribution < 1.29 is 18.7 Å². The molecule has 164 valence electrons. The number of aryl methyl sites for hydroxylation is 3. The van der Waals surface area contributed by atoms with E-state index in [1.165, 1.54) is 6.07 Å². The van der Waals surface area contributed by atoms with Crippen molar-refractivity contribution in [2.75, 3.05) is 11.9 Å². The van der Waals surface area contributed by atoms with E-state index in [0.717, 1.165) is 22.7 Å². The van der Waals surface area contributed by atoms with Gasteiger partial charge in [0.05, 0.1) is 6.33 Å². The van der Waals surface area contributed by atoms with E-state index < -0.39 is 17.8 Å². The second kappa shape index (κ2) is 10.0. The summed E-state index contributed by atoms with van der Waals surface area (Å²) < 4.78 is 25.6. The number of urea groups is 1. The van der Waals surface area contributed by atoms with Crippen molar-refractivity contribution in [2.24, 2.45) is 5.73 Å². The molecule has 0 aliphatic carbocycles. The van der Waals surface area contributed by atoms with Gasteiger partial charge >= 0.3 is 6.03 Å². The molecule has 31 heavy (non-hydrogen) atoms. The van der Waals surface area contributed by atoms with Gasteiger partial charge in [-0.25, -0.2) is 14.2 Å². The zero-order valence-electron chi connectivity index (χ0n) is 17.1. The molecule has 2 heterocycles. The molecule has 11 heteroatoms. The predicted molar refractivity (Wildman–Crippen MR) is 115 cm³/mol. The number of benzene rings is 1. The minimum absolute atomic E-state index is 0.0504. The summed E-state index contributed by atoms with van der Waals surface area (Å²) in [6, 6.07) is 2.61. The van der Waals surface area contributed by atoms with E-state index in [-0.39, 0.29) is 23.1 Å². The number of anilines is 1. The summed E-state index contributed by atoms with van der Waals surface area (Å²) in [6.45, 7) is 4.68. The number of nitrogens with one attached hydrogen (secondary N) is 2. The Kier molecular flexibility index (Phi) is 7.19. The molecule has 0 saturated carbocycles. The smallest absolute Gasteiger partial charge is 0.319 e. The Bertz CT molecular complexity index is 1070. The van der Waals surface area contributed by atoms with E-state index in [2.05, 4.69) is 20.0 Å². The largest absolute Gasteiger partial charge is 0.471 e. The van der Waals surface area contributed by atoms with Crippen LogP contribution >= 0.6 is 11.5 Å². The molecule has 0 fully saturated rings. The number of primary amides is 1.